The minimum absolute atomic E-state index is 0.00419. The van der Waals surface area contributed by atoms with Crippen molar-refractivity contribution < 1.29 is 4.79 Å². The smallest absolute Gasteiger partial charge is 0.242 e. The first-order chi connectivity index (χ1) is 14.1. The van der Waals surface area contributed by atoms with Gasteiger partial charge in [0.05, 0.1) is 11.6 Å². The first-order valence-corrected chi connectivity index (χ1v) is 10.2. The molecule has 1 aromatic carbocycles. The highest BCUT2D eigenvalue weighted by Gasteiger charge is 2.26. The highest BCUT2D eigenvalue weighted by molar-refractivity contribution is 6.30. The molecule has 3 aromatic rings. The number of benzene rings is 1. The molecule has 0 saturated carbocycles. The Kier molecular flexibility index (Phi) is 5.80. The Morgan fingerprint density at radius 3 is 3.14 bits per heavy atom. The summed E-state index contributed by atoms with van der Waals surface area (Å²) < 4.78 is 0. The molecule has 1 aliphatic heterocycles. The normalized spacial score (nSPS) is 17.9. The Labute approximate surface area is 174 Å². The van der Waals surface area contributed by atoms with Crippen LogP contribution < -0.4 is 15.5 Å². The van der Waals surface area contributed by atoms with Gasteiger partial charge < -0.3 is 15.5 Å². The number of fused-ring (bicyclic) bond motifs is 1. The van der Waals surface area contributed by atoms with Gasteiger partial charge in [-0.3, -0.25) is 9.89 Å². The first kappa shape index (κ1) is 19.4. The summed E-state index contributed by atoms with van der Waals surface area (Å²) in [5.74, 6) is 0.849. The molecule has 3 N–H and O–H groups in total. The largest absolute Gasteiger partial charge is 0.374 e. The fraction of sp³-hybridized carbons (Fsp3) is 0.400. The van der Waals surface area contributed by atoms with Crippen LogP contribution in [0, 0.1) is 0 Å². The SMILES string of the molecule is CCC(Nc1cccc(Cl)c1)C(=O)NC1CCCN(c2ncnc3[nH]ncc23)C1. The highest BCUT2D eigenvalue weighted by atomic mass is 35.5. The van der Waals surface area contributed by atoms with Crippen LogP contribution in [0.15, 0.2) is 36.8 Å². The predicted molar refractivity (Wildman–Crippen MR) is 114 cm³/mol. The number of aromatic amines is 1. The van der Waals surface area contributed by atoms with Crippen molar-refractivity contribution in [3.8, 4) is 0 Å². The van der Waals surface area contributed by atoms with Gasteiger partial charge in [0.15, 0.2) is 5.65 Å². The van der Waals surface area contributed by atoms with E-state index in [0.29, 0.717) is 18.0 Å². The van der Waals surface area contributed by atoms with Gasteiger partial charge in [-0.1, -0.05) is 24.6 Å². The number of carbonyl (C=O) groups is 1. The van der Waals surface area contributed by atoms with Crippen molar-refractivity contribution in [2.24, 2.45) is 0 Å². The molecule has 0 aliphatic carbocycles. The maximum Gasteiger partial charge on any atom is 0.242 e. The number of hydrogen-bond acceptors (Lipinski definition) is 6. The zero-order valence-electron chi connectivity index (χ0n) is 16.2. The predicted octanol–water partition coefficient (Wildman–Crippen LogP) is 2.98. The summed E-state index contributed by atoms with van der Waals surface area (Å²) in [5, 5.41) is 15.0. The molecule has 0 radical (unpaired) electrons. The Hall–Kier alpha value is -2.87. The molecule has 0 bridgehead atoms. The number of aromatic nitrogens is 4. The standard InChI is InChI=1S/C20H24ClN7O/c1-2-17(25-14-6-3-5-13(21)9-14)20(29)26-15-7-4-8-28(11-15)19-16-10-24-27-18(16)22-12-23-19/h3,5-6,9-10,12,15,17,25H,2,4,7-8,11H2,1H3,(H,26,29)(H,22,23,24,27). The fourth-order valence-corrected chi connectivity index (χ4v) is 3.92. The molecule has 29 heavy (non-hydrogen) atoms. The van der Waals surface area contributed by atoms with E-state index in [1.165, 1.54) is 0 Å². The van der Waals surface area contributed by atoms with Gasteiger partial charge in [0.25, 0.3) is 0 Å². The van der Waals surface area contributed by atoms with Gasteiger partial charge >= 0.3 is 0 Å². The Bertz CT molecular complexity index is 992. The molecule has 152 valence electrons. The molecule has 8 nitrogen and oxygen atoms in total. The van der Waals surface area contributed by atoms with Crippen LogP contribution in [0.1, 0.15) is 26.2 Å². The summed E-state index contributed by atoms with van der Waals surface area (Å²) in [5.41, 5.74) is 1.56. The molecule has 0 spiro atoms. The Morgan fingerprint density at radius 1 is 1.41 bits per heavy atom. The zero-order chi connectivity index (χ0) is 20.2. The van der Waals surface area contributed by atoms with E-state index in [1.54, 1.807) is 12.5 Å². The van der Waals surface area contributed by atoms with Crippen LogP contribution in [-0.4, -0.2) is 51.2 Å². The molecular formula is C20H24ClN7O. The highest BCUT2D eigenvalue weighted by Crippen LogP contribution is 2.24. The summed E-state index contributed by atoms with van der Waals surface area (Å²) in [6.07, 6.45) is 5.88. The molecule has 2 atom stereocenters. The number of amides is 1. The monoisotopic (exact) mass is 413 g/mol. The lowest BCUT2D eigenvalue weighted by atomic mass is 10.0. The Balaban J connectivity index is 1.41. The van der Waals surface area contributed by atoms with Gasteiger partial charge in [0.2, 0.25) is 5.91 Å². The minimum Gasteiger partial charge on any atom is -0.374 e. The second-order valence-corrected chi connectivity index (χ2v) is 7.68. The van der Waals surface area contributed by atoms with Crippen molar-refractivity contribution in [2.75, 3.05) is 23.3 Å². The number of rotatable bonds is 6. The summed E-state index contributed by atoms with van der Waals surface area (Å²) >= 11 is 6.05. The third kappa shape index (κ3) is 4.42. The second kappa shape index (κ2) is 8.65. The van der Waals surface area contributed by atoms with E-state index >= 15 is 0 Å². The molecule has 1 amide bonds. The van der Waals surface area contributed by atoms with E-state index in [2.05, 4.69) is 35.7 Å². The average molecular weight is 414 g/mol. The van der Waals surface area contributed by atoms with Crippen molar-refractivity contribution in [2.45, 2.75) is 38.3 Å². The number of nitrogens with one attached hydrogen (secondary N) is 3. The van der Waals surface area contributed by atoms with Crippen molar-refractivity contribution in [3.05, 3.63) is 41.8 Å². The van der Waals surface area contributed by atoms with E-state index in [1.807, 2.05) is 31.2 Å². The van der Waals surface area contributed by atoms with E-state index in [9.17, 15) is 4.79 Å². The lowest BCUT2D eigenvalue weighted by Gasteiger charge is -2.34. The number of hydrogen-bond donors (Lipinski definition) is 3. The third-order valence-electron chi connectivity index (χ3n) is 5.18. The lowest BCUT2D eigenvalue weighted by Crippen LogP contribution is -2.51. The van der Waals surface area contributed by atoms with Crippen LogP contribution in [-0.2, 0) is 4.79 Å². The van der Waals surface area contributed by atoms with Gasteiger partial charge in [-0.25, -0.2) is 9.97 Å². The van der Waals surface area contributed by atoms with Crippen molar-refractivity contribution in [3.63, 3.8) is 0 Å². The van der Waals surface area contributed by atoms with E-state index in [-0.39, 0.29) is 18.0 Å². The van der Waals surface area contributed by atoms with Gasteiger partial charge in [-0.05, 0) is 37.5 Å². The summed E-state index contributed by atoms with van der Waals surface area (Å²) in [6, 6.07) is 7.16. The van der Waals surface area contributed by atoms with Crippen LogP contribution in [0.3, 0.4) is 0 Å². The van der Waals surface area contributed by atoms with Crippen molar-refractivity contribution >= 4 is 40.0 Å². The molecule has 9 heteroatoms. The quantitative estimate of drug-likeness (QED) is 0.574. The first-order valence-electron chi connectivity index (χ1n) is 9.85. The lowest BCUT2D eigenvalue weighted by molar-refractivity contribution is -0.122. The molecule has 1 saturated heterocycles. The molecule has 1 aliphatic rings. The van der Waals surface area contributed by atoms with Crippen LogP contribution in [0.4, 0.5) is 11.5 Å². The number of halogens is 1. The average Bonchev–Trinajstić information content (AvgIpc) is 3.21. The molecular weight excluding hydrogens is 390 g/mol. The van der Waals surface area contributed by atoms with Crippen LogP contribution >= 0.6 is 11.6 Å². The van der Waals surface area contributed by atoms with E-state index < -0.39 is 0 Å². The van der Waals surface area contributed by atoms with Gasteiger partial charge in [0.1, 0.15) is 18.2 Å². The van der Waals surface area contributed by atoms with E-state index in [4.69, 9.17) is 11.6 Å². The van der Waals surface area contributed by atoms with Crippen LogP contribution in [0.2, 0.25) is 5.02 Å². The topological polar surface area (TPSA) is 98.8 Å². The molecule has 1 fully saturated rings. The molecule has 3 heterocycles. The van der Waals surface area contributed by atoms with E-state index in [0.717, 1.165) is 41.9 Å². The maximum atomic E-state index is 12.9. The van der Waals surface area contributed by atoms with Crippen molar-refractivity contribution in [1.29, 1.82) is 0 Å². The Morgan fingerprint density at radius 2 is 2.31 bits per heavy atom. The zero-order valence-corrected chi connectivity index (χ0v) is 17.0. The number of piperidine rings is 1. The molecule has 2 aromatic heterocycles. The van der Waals surface area contributed by atoms with Gasteiger partial charge in [-0.2, -0.15) is 5.10 Å². The summed E-state index contributed by atoms with van der Waals surface area (Å²) in [7, 11) is 0. The third-order valence-corrected chi connectivity index (χ3v) is 5.42. The maximum absolute atomic E-state index is 12.9. The number of carbonyl (C=O) groups excluding carboxylic acids is 1. The minimum atomic E-state index is -0.316. The fourth-order valence-electron chi connectivity index (χ4n) is 3.73. The molecule has 4 rings (SSSR count). The number of anilines is 2. The number of H-pyrrole nitrogens is 1. The summed E-state index contributed by atoms with van der Waals surface area (Å²) in [4.78, 5) is 23.7. The van der Waals surface area contributed by atoms with Crippen LogP contribution in [0.5, 0.6) is 0 Å². The second-order valence-electron chi connectivity index (χ2n) is 7.24. The van der Waals surface area contributed by atoms with Gasteiger partial charge in [-0.15, -0.1) is 0 Å². The number of nitrogens with zero attached hydrogens (tertiary/aromatic N) is 4. The van der Waals surface area contributed by atoms with Gasteiger partial charge in [0, 0.05) is 29.8 Å². The molecule has 2 unspecified atom stereocenters. The van der Waals surface area contributed by atoms with Crippen molar-refractivity contribution in [1.82, 2.24) is 25.5 Å². The van der Waals surface area contributed by atoms with Crippen LogP contribution in [0.25, 0.3) is 11.0 Å². The summed E-state index contributed by atoms with van der Waals surface area (Å²) in [6.45, 7) is 3.59.